The molecule has 5 nitrogen and oxygen atoms in total. The Balaban J connectivity index is 1.74. The van der Waals surface area contributed by atoms with E-state index >= 15 is 0 Å². The molecule has 2 heterocycles. The number of hydrogen-bond donors (Lipinski definition) is 1. The molecule has 1 aliphatic rings. The van der Waals surface area contributed by atoms with Crippen molar-refractivity contribution in [3.05, 3.63) is 46.8 Å². The predicted molar refractivity (Wildman–Crippen MR) is 101 cm³/mol. The molecule has 1 aromatic heterocycles. The van der Waals surface area contributed by atoms with Crippen LogP contribution in [0.1, 0.15) is 48.6 Å². The van der Waals surface area contributed by atoms with Crippen molar-refractivity contribution in [1.82, 2.24) is 15.1 Å². The van der Waals surface area contributed by atoms with Crippen molar-refractivity contribution in [2.24, 2.45) is 0 Å². The number of amides is 1. The second-order valence-corrected chi connectivity index (χ2v) is 7.10. The molecular weight excluding hydrogens is 312 g/mol. The lowest BCUT2D eigenvalue weighted by atomic mass is 10.0. The van der Waals surface area contributed by atoms with Crippen molar-refractivity contribution >= 4 is 11.6 Å². The van der Waals surface area contributed by atoms with Crippen molar-refractivity contribution in [3.8, 4) is 0 Å². The molecule has 1 fully saturated rings. The minimum absolute atomic E-state index is 0.106. The number of hydrogen-bond acceptors (Lipinski definition) is 3. The van der Waals surface area contributed by atoms with Crippen molar-refractivity contribution in [3.63, 3.8) is 0 Å². The smallest absolute Gasteiger partial charge is 0.244 e. The standard InChI is InChI=1S/C20H28N4O/c1-6-23-12-17(11-21-23)16(5)22-18-7-8-24(20(18)25)19-14(3)9-13(2)10-15(19)4/h9-12,16,18,22H,6-8H2,1-5H3/t16-,18+/m1/s1. The first-order valence-electron chi connectivity index (χ1n) is 9.08. The van der Waals surface area contributed by atoms with E-state index < -0.39 is 0 Å². The van der Waals surface area contributed by atoms with Crippen molar-refractivity contribution in [2.45, 2.75) is 59.7 Å². The van der Waals surface area contributed by atoms with Crippen LogP contribution in [-0.2, 0) is 11.3 Å². The Bertz CT molecular complexity index is 757. The van der Waals surface area contributed by atoms with Crippen molar-refractivity contribution in [2.75, 3.05) is 11.4 Å². The van der Waals surface area contributed by atoms with Gasteiger partial charge in [0.05, 0.1) is 12.2 Å². The van der Waals surface area contributed by atoms with Crippen LogP contribution in [-0.4, -0.2) is 28.3 Å². The van der Waals surface area contributed by atoms with Crippen LogP contribution in [0.3, 0.4) is 0 Å². The minimum atomic E-state index is -0.139. The highest BCUT2D eigenvalue weighted by Crippen LogP contribution is 2.30. The molecule has 3 rings (SSSR count). The summed E-state index contributed by atoms with van der Waals surface area (Å²) in [5.74, 6) is 0.171. The van der Waals surface area contributed by atoms with E-state index in [-0.39, 0.29) is 18.0 Å². The Morgan fingerprint density at radius 2 is 1.96 bits per heavy atom. The maximum atomic E-state index is 13.0. The molecule has 0 saturated carbocycles. The Morgan fingerprint density at radius 3 is 2.56 bits per heavy atom. The third kappa shape index (κ3) is 3.47. The molecular formula is C20H28N4O. The van der Waals surface area contributed by atoms with Gasteiger partial charge in [0.1, 0.15) is 0 Å². The molecule has 25 heavy (non-hydrogen) atoms. The summed E-state index contributed by atoms with van der Waals surface area (Å²) >= 11 is 0. The summed E-state index contributed by atoms with van der Waals surface area (Å²) in [6.07, 6.45) is 4.76. The van der Waals surface area contributed by atoms with Gasteiger partial charge in [0.15, 0.2) is 0 Å². The second-order valence-electron chi connectivity index (χ2n) is 7.10. The molecule has 0 unspecified atom stereocenters. The largest absolute Gasteiger partial charge is 0.310 e. The first kappa shape index (κ1) is 17.7. The number of aryl methyl sites for hydroxylation is 4. The van der Waals surface area contributed by atoms with E-state index in [4.69, 9.17) is 0 Å². The molecule has 0 aliphatic carbocycles. The average Bonchev–Trinajstić information content (AvgIpc) is 3.16. The first-order valence-corrected chi connectivity index (χ1v) is 9.08. The summed E-state index contributed by atoms with van der Waals surface area (Å²) in [5, 5.41) is 7.81. The van der Waals surface area contributed by atoms with Crippen LogP contribution in [0.4, 0.5) is 5.69 Å². The van der Waals surface area contributed by atoms with E-state index in [1.807, 2.05) is 22.0 Å². The van der Waals surface area contributed by atoms with Crippen LogP contribution in [0.5, 0.6) is 0 Å². The van der Waals surface area contributed by atoms with E-state index in [9.17, 15) is 4.79 Å². The van der Waals surface area contributed by atoms with Crippen molar-refractivity contribution in [1.29, 1.82) is 0 Å². The summed E-state index contributed by atoms with van der Waals surface area (Å²) < 4.78 is 1.91. The van der Waals surface area contributed by atoms with Gasteiger partial charge in [-0.15, -0.1) is 0 Å². The van der Waals surface area contributed by atoms with E-state index in [0.29, 0.717) is 0 Å². The van der Waals surface area contributed by atoms with E-state index in [1.54, 1.807) is 0 Å². The third-order valence-electron chi connectivity index (χ3n) is 5.04. The Morgan fingerprint density at radius 1 is 1.28 bits per heavy atom. The lowest BCUT2D eigenvalue weighted by molar-refractivity contribution is -0.119. The van der Waals surface area contributed by atoms with Gasteiger partial charge in [-0.1, -0.05) is 17.7 Å². The topological polar surface area (TPSA) is 50.2 Å². The van der Waals surface area contributed by atoms with E-state index in [2.05, 4.69) is 57.2 Å². The highest BCUT2D eigenvalue weighted by atomic mass is 16.2. The highest BCUT2D eigenvalue weighted by molar-refractivity contribution is 6.00. The van der Waals surface area contributed by atoms with E-state index in [0.717, 1.165) is 30.8 Å². The van der Waals surface area contributed by atoms with E-state index in [1.165, 1.54) is 16.7 Å². The zero-order chi connectivity index (χ0) is 18.1. The second kappa shape index (κ2) is 7.00. The third-order valence-corrected chi connectivity index (χ3v) is 5.04. The highest BCUT2D eigenvalue weighted by Gasteiger charge is 2.34. The Kier molecular flexibility index (Phi) is 4.95. The van der Waals surface area contributed by atoms with Crippen LogP contribution in [0.25, 0.3) is 0 Å². The minimum Gasteiger partial charge on any atom is -0.310 e. The molecule has 1 amide bonds. The van der Waals surface area contributed by atoms with Gasteiger partial charge in [-0.05, 0) is 52.2 Å². The Hall–Kier alpha value is -2.14. The van der Waals surface area contributed by atoms with Crippen LogP contribution < -0.4 is 10.2 Å². The fourth-order valence-electron chi connectivity index (χ4n) is 3.83. The molecule has 0 radical (unpaired) electrons. The lowest BCUT2D eigenvalue weighted by Crippen LogP contribution is -2.39. The van der Waals surface area contributed by atoms with Crippen molar-refractivity contribution < 1.29 is 4.79 Å². The van der Waals surface area contributed by atoms with Crippen LogP contribution in [0, 0.1) is 20.8 Å². The van der Waals surface area contributed by atoms with Gasteiger partial charge in [0.2, 0.25) is 5.91 Å². The summed E-state index contributed by atoms with van der Waals surface area (Å²) in [4.78, 5) is 14.9. The monoisotopic (exact) mass is 340 g/mol. The van der Waals surface area contributed by atoms with Gasteiger partial charge < -0.3 is 4.90 Å². The SMILES string of the molecule is CCn1cc([C@@H](C)N[C@H]2CCN(c3c(C)cc(C)cc3C)C2=O)cn1. The molecule has 5 heteroatoms. The number of carbonyl (C=O) groups is 1. The molecule has 2 aromatic rings. The van der Waals surface area contributed by atoms with Gasteiger partial charge in [-0.3, -0.25) is 14.8 Å². The zero-order valence-electron chi connectivity index (χ0n) is 15.8. The predicted octanol–water partition coefficient (Wildman–Crippen LogP) is 3.28. The molecule has 0 spiro atoms. The number of aromatic nitrogens is 2. The molecule has 0 bridgehead atoms. The lowest BCUT2D eigenvalue weighted by Gasteiger charge is -2.23. The number of nitrogens with one attached hydrogen (secondary N) is 1. The maximum Gasteiger partial charge on any atom is 0.244 e. The average molecular weight is 340 g/mol. The number of carbonyl (C=O) groups excluding carboxylic acids is 1. The molecule has 1 saturated heterocycles. The fourth-order valence-corrected chi connectivity index (χ4v) is 3.83. The molecule has 1 N–H and O–H groups in total. The van der Waals surface area contributed by atoms with Crippen LogP contribution in [0.2, 0.25) is 0 Å². The molecule has 1 aromatic carbocycles. The number of anilines is 1. The van der Waals surface area contributed by atoms with Gasteiger partial charge in [-0.25, -0.2) is 0 Å². The number of nitrogens with zero attached hydrogens (tertiary/aromatic N) is 3. The molecule has 134 valence electrons. The zero-order valence-corrected chi connectivity index (χ0v) is 15.8. The first-order chi connectivity index (χ1) is 11.9. The molecule has 2 atom stereocenters. The van der Waals surface area contributed by atoms with Gasteiger partial charge in [0, 0.05) is 36.6 Å². The summed E-state index contributed by atoms with van der Waals surface area (Å²) in [5.41, 5.74) is 5.77. The number of rotatable bonds is 5. The normalized spacial score (nSPS) is 18.8. The summed E-state index contributed by atoms with van der Waals surface area (Å²) in [7, 11) is 0. The van der Waals surface area contributed by atoms with Gasteiger partial charge >= 0.3 is 0 Å². The Labute approximate surface area is 150 Å². The van der Waals surface area contributed by atoms with Crippen LogP contribution in [0.15, 0.2) is 24.5 Å². The summed E-state index contributed by atoms with van der Waals surface area (Å²) in [6, 6.07) is 4.27. The maximum absolute atomic E-state index is 13.0. The molecule has 1 aliphatic heterocycles. The van der Waals surface area contributed by atoms with Gasteiger partial charge in [0.25, 0.3) is 0 Å². The quantitative estimate of drug-likeness (QED) is 0.909. The van der Waals surface area contributed by atoms with Crippen LogP contribution >= 0.6 is 0 Å². The van der Waals surface area contributed by atoms with Gasteiger partial charge in [-0.2, -0.15) is 5.10 Å². The summed E-state index contributed by atoms with van der Waals surface area (Å²) in [6.45, 7) is 12.1. The fraction of sp³-hybridized carbons (Fsp3) is 0.500. The number of benzene rings is 1.